The highest BCUT2D eigenvalue weighted by atomic mass is 16.5. The number of aliphatic hydroxyl groups excluding tert-OH is 1. The van der Waals surface area contributed by atoms with Crippen LogP contribution in [-0.4, -0.2) is 27.7 Å². The number of fused-ring (bicyclic) bond motifs is 1. The molecule has 0 atom stereocenters. The van der Waals surface area contributed by atoms with Crippen LogP contribution in [0.25, 0.3) is 16.6 Å². The van der Waals surface area contributed by atoms with Crippen molar-refractivity contribution in [2.45, 2.75) is 6.42 Å². The molecule has 2 N–H and O–H groups in total. The lowest BCUT2D eigenvalue weighted by Crippen LogP contribution is -2.11. The van der Waals surface area contributed by atoms with E-state index in [1.807, 2.05) is 66.7 Å². The summed E-state index contributed by atoms with van der Waals surface area (Å²) in [5.41, 5.74) is 3.65. The fourth-order valence-electron chi connectivity index (χ4n) is 3.30. The summed E-state index contributed by atoms with van der Waals surface area (Å²) < 4.78 is 5.31. The second kappa shape index (κ2) is 8.97. The molecule has 1 aromatic heterocycles. The van der Waals surface area contributed by atoms with Gasteiger partial charge in [0, 0.05) is 0 Å². The number of nitrogens with one attached hydrogen (secondary N) is 1. The number of allylic oxidation sites excluding steroid dienone is 1. The van der Waals surface area contributed by atoms with Gasteiger partial charge < -0.3 is 14.8 Å². The average Bonchev–Trinajstić information content (AvgIpc) is 3.23. The van der Waals surface area contributed by atoms with Crippen molar-refractivity contribution in [2.24, 2.45) is 0 Å². The van der Waals surface area contributed by atoms with Crippen LogP contribution in [0.2, 0.25) is 0 Å². The number of carbonyl (C=O) groups is 1. The van der Waals surface area contributed by atoms with E-state index in [0.29, 0.717) is 17.5 Å². The SMILES string of the molecule is N#C/C(=C(/O)COC(=O)c1ccccc1Cc1ccccc1)c1nc2ccccc2[nH]1. The minimum atomic E-state index is -0.569. The predicted octanol–water partition coefficient (Wildman–Crippen LogP) is 4.80. The van der Waals surface area contributed by atoms with Crippen molar-refractivity contribution in [3.05, 3.63) is 107 Å². The number of aromatic nitrogens is 2. The van der Waals surface area contributed by atoms with E-state index in [9.17, 15) is 15.2 Å². The normalized spacial score (nSPS) is 11.6. The van der Waals surface area contributed by atoms with Crippen LogP contribution in [0.5, 0.6) is 0 Å². The van der Waals surface area contributed by atoms with Crippen molar-refractivity contribution in [3.63, 3.8) is 0 Å². The topological polar surface area (TPSA) is 99.0 Å². The molecule has 0 spiro atoms. The van der Waals surface area contributed by atoms with Crippen molar-refractivity contribution >= 4 is 22.6 Å². The molecule has 4 rings (SSSR count). The number of carbonyl (C=O) groups excluding carboxylic acids is 1. The molecule has 6 heteroatoms. The zero-order valence-corrected chi connectivity index (χ0v) is 16.6. The maximum Gasteiger partial charge on any atom is 0.338 e. The minimum absolute atomic E-state index is 0.0680. The molecule has 0 radical (unpaired) electrons. The van der Waals surface area contributed by atoms with E-state index in [1.165, 1.54) is 0 Å². The zero-order chi connectivity index (χ0) is 21.6. The highest BCUT2D eigenvalue weighted by molar-refractivity contribution is 5.91. The van der Waals surface area contributed by atoms with Crippen molar-refractivity contribution < 1.29 is 14.6 Å². The van der Waals surface area contributed by atoms with Gasteiger partial charge >= 0.3 is 5.97 Å². The first kappa shape index (κ1) is 19.9. The number of aromatic amines is 1. The molecule has 1 heterocycles. The number of hydrogen-bond acceptors (Lipinski definition) is 5. The molecule has 0 saturated carbocycles. The second-order valence-electron chi connectivity index (χ2n) is 6.93. The fourth-order valence-corrected chi connectivity index (χ4v) is 3.30. The number of aliphatic hydroxyl groups is 1. The molecule has 0 bridgehead atoms. The summed E-state index contributed by atoms with van der Waals surface area (Å²) in [7, 11) is 0. The van der Waals surface area contributed by atoms with Gasteiger partial charge in [-0.05, 0) is 35.7 Å². The molecule has 31 heavy (non-hydrogen) atoms. The second-order valence-corrected chi connectivity index (χ2v) is 6.93. The first-order valence-corrected chi connectivity index (χ1v) is 9.72. The molecule has 4 aromatic rings. The number of nitrogens with zero attached hydrogens (tertiary/aromatic N) is 2. The summed E-state index contributed by atoms with van der Waals surface area (Å²) in [5.74, 6) is -0.711. The summed E-state index contributed by atoms with van der Waals surface area (Å²) >= 11 is 0. The predicted molar refractivity (Wildman–Crippen MR) is 117 cm³/mol. The lowest BCUT2D eigenvalue weighted by Gasteiger charge is -2.10. The number of hydrogen-bond donors (Lipinski definition) is 2. The summed E-state index contributed by atoms with van der Waals surface area (Å²) in [6, 6.07) is 26.2. The van der Waals surface area contributed by atoms with E-state index in [2.05, 4.69) is 9.97 Å². The quantitative estimate of drug-likeness (QED) is 0.271. The highest BCUT2D eigenvalue weighted by Gasteiger charge is 2.17. The Morgan fingerprint density at radius 3 is 2.48 bits per heavy atom. The number of H-pyrrole nitrogens is 1. The maximum atomic E-state index is 12.7. The molecule has 0 aliphatic rings. The van der Waals surface area contributed by atoms with Gasteiger partial charge in [0.15, 0.2) is 11.6 Å². The Morgan fingerprint density at radius 1 is 1.00 bits per heavy atom. The Bertz CT molecular complexity index is 1270. The number of para-hydroxylation sites is 2. The van der Waals surface area contributed by atoms with E-state index in [-0.39, 0.29) is 17.2 Å². The Balaban J connectivity index is 1.52. The van der Waals surface area contributed by atoms with Crippen LogP contribution in [-0.2, 0) is 11.2 Å². The van der Waals surface area contributed by atoms with Crippen LogP contribution >= 0.6 is 0 Å². The highest BCUT2D eigenvalue weighted by Crippen LogP contribution is 2.20. The summed E-state index contributed by atoms with van der Waals surface area (Å²) in [6.07, 6.45) is 0.580. The third-order valence-corrected chi connectivity index (χ3v) is 4.84. The molecular weight excluding hydrogens is 390 g/mol. The van der Waals surface area contributed by atoms with Gasteiger partial charge in [0.25, 0.3) is 0 Å². The first-order chi connectivity index (χ1) is 15.2. The van der Waals surface area contributed by atoms with Crippen LogP contribution < -0.4 is 0 Å². The monoisotopic (exact) mass is 409 g/mol. The Kier molecular flexibility index (Phi) is 5.77. The Labute approximate surface area is 179 Å². The van der Waals surface area contributed by atoms with Crippen LogP contribution in [0.3, 0.4) is 0 Å². The molecule has 0 unspecified atom stereocenters. The summed E-state index contributed by atoms with van der Waals surface area (Å²) in [5, 5.41) is 19.9. The molecule has 0 aliphatic carbocycles. The van der Waals surface area contributed by atoms with Crippen LogP contribution in [0.1, 0.15) is 27.3 Å². The Hall–Kier alpha value is -4.37. The fraction of sp³-hybridized carbons (Fsp3) is 0.0800. The number of imidazole rings is 1. The van der Waals surface area contributed by atoms with Gasteiger partial charge in [0.2, 0.25) is 0 Å². The van der Waals surface area contributed by atoms with Crippen LogP contribution in [0.15, 0.2) is 84.6 Å². The summed E-state index contributed by atoms with van der Waals surface area (Å²) in [6.45, 7) is -0.432. The van der Waals surface area contributed by atoms with Crippen LogP contribution in [0.4, 0.5) is 0 Å². The van der Waals surface area contributed by atoms with Crippen molar-refractivity contribution in [3.8, 4) is 6.07 Å². The number of benzene rings is 3. The van der Waals surface area contributed by atoms with Gasteiger partial charge in [-0.1, -0.05) is 60.7 Å². The average molecular weight is 409 g/mol. The first-order valence-electron chi connectivity index (χ1n) is 9.72. The van der Waals surface area contributed by atoms with E-state index in [0.717, 1.165) is 16.6 Å². The van der Waals surface area contributed by atoms with E-state index in [4.69, 9.17) is 4.74 Å². The standard InChI is InChI=1S/C25H19N3O3/c26-15-20(24-27-21-12-6-7-13-22(21)28-24)23(29)16-31-25(30)19-11-5-4-10-18(19)14-17-8-2-1-3-9-17/h1-13,29H,14,16H2,(H,27,28)/b23-20-. The largest absolute Gasteiger partial charge is 0.507 e. The number of rotatable bonds is 6. The molecular formula is C25H19N3O3. The lowest BCUT2D eigenvalue weighted by molar-refractivity contribution is 0.0501. The molecule has 0 fully saturated rings. The molecule has 6 nitrogen and oxygen atoms in total. The van der Waals surface area contributed by atoms with Gasteiger partial charge in [-0.3, -0.25) is 0 Å². The maximum absolute atomic E-state index is 12.7. The third kappa shape index (κ3) is 4.46. The van der Waals surface area contributed by atoms with Gasteiger partial charge in [-0.25, -0.2) is 9.78 Å². The van der Waals surface area contributed by atoms with Gasteiger partial charge in [-0.2, -0.15) is 5.26 Å². The third-order valence-electron chi connectivity index (χ3n) is 4.84. The summed E-state index contributed by atoms with van der Waals surface area (Å²) in [4.78, 5) is 20.0. The molecule has 0 aliphatic heterocycles. The van der Waals surface area contributed by atoms with Gasteiger partial charge in [0.05, 0.1) is 16.6 Å². The number of nitriles is 1. The molecule has 0 saturated heterocycles. The number of ether oxygens (including phenoxy) is 1. The van der Waals surface area contributed by atoms with Gasteiger partial charge in [-0.15, -0.1) is 0 Å². The van der Waals surface area contributed by atoms with E-state index >= 15 is 0 Å². The van der Waals surface area contributed by atoms with Crippen molar-refractivity contribution in [2.75, 3.05) is 6.61 Å². The van der Waals surface area contributed by atoms with E-state index < -0.39 is 12.6 Å². The number of esters is 1. The molecule has 3 aromatic carbocycles. The van der Waals surface area contributed by atoms with Gasteiger partial charge in [0.1, 0.15) is 18.2 Å². The van der Waals surface area contributed by atoms with Crippen molar-refractivity contribution in [1.29, 1.82) is 5.26 Å². The van der Waals surface area contributed by atoms with Crippen molar-refractivity contribution in [1.82, 2.24) is 9.97 Å². The van der Waals surface area contributed by atoms with Crippen LogP contribution in [0, 0.1) is 11.3 Å². The lowest BCUT2D eigenvalue weighted by atomic mass is 10.00. The smallest absolute Gasteiger partial charge is 0.338 e. The Morgan fingerprint density at radius 2 is 1.71 bits per heavy atom. The van der Waals surface area contributed by atoms with E-state index in [1.54, 1.807) is 18.2 Å². The minimum Gasteiger partial charge on any atom is -0.507 e. The molecule has 152 valence electrons. The zero-order valence-electron chi connectivity index (χ0n) is 16.6. The molecule has 0 amide bonds.